The Kier molecular flexibility index (Phi) is 4.42. The van der Waals surface area contributed by atoms with Gasteiger partial charge in [-0.3, -0.25) is 4.98 Å². The first-order valence-corrected chi connectivity index (χ1v) is 4.80. The van der Waals surface area contributed by atoms with E-state index in [1.165, 1.54) is 0 Å². The van der Waals surface area contributed by atoms with E-state index >= 15 is 0 Å². The lowest BCUT2D eigenvalue weighted by Gasteiger charge is -2.19. The van der Waals surface area contributed by atoms with Gasteiger partial charge in [0.05, 0.1) is 5.56 Å². The van der Waals surface area contributed by atoms with Gasteiger partial charge in [-0.1, -0.05) is 0 Å². The van der Waals surface area contributed by atoms with E-state index in [0.717, 1.165) is 0 Å². The van der Waals surface area contributed by atoms with Crippen molar-refractivity contribution in [2.75, 3.05) is 0 Å². The first-order valence-electron chi connectivity index (χ1n) is 4.80. The number of aromatic nitrogens is 1. The van der Waals surface area contributed by atoms with Crippen LogP contribution in [0.25, 0.3) is 0 Å². The Hall–Kier alpha value is -1.65. The summed E-state index contributed by atoms with van der Waals surface area (Å²) in [4.78, 5) is 2.69. The van der Waals surface area contributed by atoms with Gasteiger partial charge >= 0.3 is 12.5 Å². The first-order chi connectivity index (χ1) is 8.97. The van der Waals surface area contributed by atoms with Crippen LogP contribution in [0.4, 0.5) is 35.1 Å². The monoisotopic (exact) mass is 310 g/mol. The van der Waals surface area contributed by atoms with E-state index in [1.807, 2.05) is 0 Å². The highest BCUT2D eigenvalue weighted by molar-refractivity contribution is 5.44. The van der Waals surface area contributed by atoms with Crippen LogP contribution in [0, 0.1) is 0 Å². The zero-order valence-electron chi connectivity index (χ0n) is 9.32. The smallest absolute Gasteiger partial charge is 0.403 e. The van der Waals surface area contributed by atoms with Crippen molar-refractivity contribution in [1.29, 1.82) is 0 Å². The standard InChI is InChI=1S/C9H6F8N2O/c10-7(11)5-6(20-9(15,16)17)3(1-18)4(2-19-5)8(12,13)14/h2,7H,1,18H2. The maximum atomic E-state index is 12.6. The molecule has 3 nitrogen and oxygen atoms in total. The molecule has 11 heteroatoms. The summed E-state index contributed by atoms with van der Waals surface area (Å²) < 4.78 is 102. The SMILES string of the molecule is NCc1c(C(F)(F)F)cnc(C(F)F)c1OC(F)(F)F. The summed E-state index contributed by atoms with van der Waals surface area (Å²) >= 11 is 0. The van der Waals surface area contributed by atoms with Gasteiger partial charge in [-0.25, -0.2) is 8.78 Å². The molecule has 1 aromatic heterocycles. The minimum Gasteiger partial charge on any atom is -0.403 e. The van der Waals surface area contributed by atoms with Gasteiger partial charge in [-0.2, -0.15) is 13.2 Å². The number of hydrogen-bond donors (Lipinski definition) is 1. The maximum Gasteiger partial charge on any atom is 0.573 e. The Morgan fingerprint density at radius 2 is 1.70 bits per heavy atom. The minimum atomic E-state index is -5.46. The van der Waals surface area contributed by atoms with Crippen LogP contribution in [-0.4, -0.2) is 11.3 Å². The molecule has 0 fully saturated rings. The third-order valence-corrected chi connectivity index (χ3v) is 2.10. The topological polar surface area (TPSA) is 48.1 Å². The summed E-state index contributed by atoms with van der Waals surface area (Å²) in [6.45, 7) is -1.08. The van der Waals surface area contributed by atoms with Crippen molar-refractivity contribution < 1.29 is 39.9 Å². The molecule has 2 N–H and O–H groups in total. The fourth-order valence-electron chi connectivity index (χ4n) is 1.38. The Balaban J connectivity index is 3.55. The first kappa shape index (κ1) is 16.4. The van der Waals surface area contributed by atoms with Crippen LogP contribution in [0.15, 0.2) is 6.20 Å². The number of pyridine rings is 1. The molecule has 0 atom stereocenters. The van der Waals surface area contributed by atoms with E-state index in [2.05, 4.69) is 9.72 Å². The van der Waals surface area contributed by atoms with Gasteiger partial charge in [0.25, 0.3) is 6.43 Å². The zero-order valence-corrected chi connectivity index (χ0v) is 9.32. The molecule has 0 aliphatic rings. The lowest BCUT2D eigenvalue weighted by molar-refractivity contribution is -0.275. The van der Waals surface area contributed by atoms with Gasteiger partial charge in [0.1, 0.15) is 5.69 Å². The third kappa shape index (κ3) is 3.68. The Labute approximate surface area is 106 Å². The quantitative estimate of drug-likeness (QED) is 0.871. The largest absolute Gasteiger partial charge is 0.573 e. The van der Waals surface area contributed by atoms with Crippen LogP contribution < -0.4 is 10.5 Å². The fraction of sp³-hybridized carbons (Fsp3) is 0.444. The Bertz CT molecular complexity index is 482. The molecule has 0 aliphatic carbocycles. The summed E-state index contributed by atoms with van der Waals surface area (Å²) in [7, 11) is 0. The van der Waals surface area contributed by atoms with E-state index in [4.69, 9.17) is 5.73 Å². The number of hydrogen-bond acceptors (Lipinski definition) is 3. The molecule has 0 saturated heterocycles. The minimum absolute atomic E-state index is 0.00702. The van der Waals surface area contributed by atoms with E-state index in [9.17, 15) is 35.1 Å². The highest BCUT2D eigenvalue weighted by Crippen LogP contribution is 2.41. The molecule has 0 bridgehead atoms. The number of ether oxygens (including phenoxy) is 1. The molecular formula is C9H6F8N2O. The van der Waals surface area contributed by atoms with E-state index < -0.39 is 48.1 Å². The molecular weight excluding hydrogens is 304 g/mol. The molecule has 1 rings (SSSR count). The predicted octanol–water partition coefficient (Wildman–Crippen LogP) is 3.40. The molecule has 1 heterocycles. The number of halogens is 8. The highest BCUT2D eigenvalue weighted by atomic mass is 19.4. The summed E-state index contributed by atoms with van der Waals surface area (Å²) in [5, 5.41) is 0. The lowest BCUT2D eigenvalue weighted by atomic mass is 10.1. The third-order valence-electron chi connectivity index (χ3n) is 2.10. The van der Waals surface area contributed by atoms with Gasteiger partial charge < -0.3 is 10.5 Å². The molecule has 1 aromatic rings. The molecule has 0 unspecified atom stereocenters. The predicted molar refractivity (Wildman–Crippen MR) is 48.8 cm³/mol. The molecule has 114 valence electrons. The molecule has 0 spiro atoms. The number of rotatable bonds is 3. The van der Waals surface area contributed by atoms with Crippen molar-refractivity contribution in [3.63, 3.8) is 0 Å². The van der Waals surface area contributed by atoms with Crippen molar-refractivity contribution in [2.24, 2.45) is 5.73 Å². The normalized spacial score (nSPS) is 12.9. The van der Waals surface area contributed by atoms with Crippen LogP contribution in [0.1, 0.15) is 23.2 Å². The van der Waals surface area contributed by atoms with Crippen LogP contribution in [0.3, 0.4) is 0 Å². The van der Waals surface area contributed by atoms with Crippen LogP contribution in [0.5, 0.6) is 5.75 Å². The molecule has 0 amide bonds. The molecule has 0 aliphatic heterocycles. The van der Waals surface area contributed by atoms with E-state index in [1.54, 1.807) is 0 Å². The van der Waals surface area contributed by atoms with Crippen molar-refractivity contribution in [3.8, 4) is 5.75 Å². The van der Waals surface area contributed by atoms with Crippen molar-refractivity contribution in [3.05, 3.63) is 23.0 Å². The van der Waals surface area contributed by atoms with Gasteiger partial charge in [0.2, 0.25) is 0 Å². The Morgan fingerprint density at radius 3 is 2.05 bits per heavy atom. The zero-order chi connectivity index (χ0) is 15.7. The van der Waals surface area contributed by atoms with Crippen molar-refractivity contribution in [2.45, 2.75) is 25.5 Å². The average molecular weight is 310 g/mol. The second kappa shape index (κ2) is 5.38. The van der Waals surface area contributed by atoms with Gasteiger partial charge in [0, 0.05) is 18.3 Å². The van der Waals surface area contributed by atoms with Crippen LogP contribution in [0.2, 0.25) is 0 Å². The molecule has 0 saturated carbocycles. The highest BCUT2D eigenvalue weighted by Gasteiger charge is 2.40. The van der Waals surface area contributed by atoms with Gasteiger partial charge in [-0.15, -0.1) is 13.2 Å². The average Bonchev–Trinajstić information content (AvgIpc) is 2.24. The fourth-order valence-corrected chi connectivity index (χ4v) is 1.38. The summed E-state index contributed by atoms with van der Waals surface area (Å²) in [6.07, 6.45) is -14.1. The van der Waals surface area contributed by atoms with Gasteiger partial charge in [-0.05, 0) is 0 Å². The van der Waals surface area contributed by atoms with E-state index in [-0.39, 0.29) is 6.20 Å². The maximum absolute atomic E-state index is 12.6. The summed E-state index contributed by atoms with van der Waals surface area (Å²) in [5.74, 6) is -1.72. The molecule has 20 heavy (non-hydrogen) atoms. The number of alkyl halides is 8. The second-order valence-corrected chi connectivity index (χ2v) is 3.42. The van der Waals surface area contributed by atoms with E-state index in [0.29, 0.717) is 0 Å². The van der Waals surface area contributed by atoms with Crippen molar-refractivity contribution >= 4 is 0 Å². The molecule has 0 aromatic carbocycles. The van der Waals surface area contributed by atoms with Gasteiger partial charge in [0.15, 0.2) is 5.75 Å². The summed E-state index contributed by atoms with van der Waals surface area (Å²) in [5.41, 5.74) is 0.457. The summed E-state index contributed by atoms with van der Waals surface area (Å²) in [6, 6.07) is 0. The van der Waals surface area contributed by atoms with Crippen LogP contribution >= 0.6 is 0 Å². The van der Waals surface area contributed by atoms with Crippen LogP contribution in [-0.2, 0) is 12.7 Å². The number of nitrogens with two attached hydrogens (primary N) is 1. The van der Waals surface area contributed by atoms with Crippen molar-refractivity contribution in [1.82, 2.24) is 4.98 Å². The molecule has 0 radical (unpaired) electrons. The lowest BCUT2D eigenvalue weighted by Crippen LogP contribution is -2.23. The number of nitrogens with zero attached hydrogens (tertiary/aromatic N) is 1. The second-order valence-electron chi connectivity index (χ2n) is 3.42. The Morgan fingerprint density at radius 1 is 1.15 bits per heavy atom.